The van der Waals surface area contributed by atoms with E-state index in [1.54, 1.807) is 0 Å². The minimum Gasteiger partial charge on any atom is -0.506 e. The lowest BCUT2D eigenvalue weighted by molar-refractivity contribution is 0.0917. The molecule has 3 aromatic carbocycles. The number of amides is 6. The molecule has 8 bridgehead atoms. The Hall–Kier alpha value is -6.36. The van der Waals surface area contributed by atoms with Gasteiger partial charge in [0, 0.05) is 131 Å². The first-order valence-electron chi connectivity index (χ1n) is 22.3. The van der Waals surface area contributed by atoms with Gasteiger partial charge in [0.1, 0.15) is 17.2 Å². The molecule has 6 amide bonds. The summed E-state index contributed by atoms with van der Waals surface area (Å²) in [5.41, 5.74) is 5.55. The number of phenolic OH excluding ortho intramolecular Hbond substituents is 3. The molecule has 0 aromatic heterocycles. The van der Waals surface area contributed by atoms with E-state index in [9.17, 15) is 44.1 Å². The van der Waals surface area contributed by atoms with Crippen molar-refractivity contribution < 1.29 is 44.1 Å². The van der Waals surface area contributed by atoms with Gasteiger partial charge in [-0.2, -0.15) is 0 Å². The number of nitrogens with two attached hydrogens (primary N) is 1. The van der Waals surface area contributed by atoms with Crippen molar-refractivity contribution in [2.45, 2.75) is 0 Å². The van der Waals surface area contributed by atoms with Crippen molar-refractivity contribution in [1.82, 2.24) is 56.8 Å². The Kier molecular flexibility index (Phi) is 19.9. The number of aromatic hydroxyl groups is 3. The highest BCUT2D eigenvalue weighted by molar-refractivity contribution is 6.05. The molecule has 3 aliphatic heterocycles. The van der Waals surface area contributed by atoms with Crippen molar-refractivity contribution in [2.75, 3.05) is 138 Å². The quantitative estimate of drug-likeness (QED) is 0.132. The van der Waals surface area contributed by atoms with Gasteiger partial charge in [0.25, 0.3) is 35.4 Å². The fourth-order valence-corrected chi connectivity index (χ4v) is 7.63. The van der Waals surface area contributed by atoms with Crippen LogP contribution in [-0.4, -0.2) is 208 Å². The first kappa shape index (κ1) is 50.6. The first-order chi connectivity index (χ1) is 31.9. The molecule has 0 saturated carbocycles. The van der Waals surface area contributed by atoms with Gasteiger partial charge >= 0.3 is 0 Å². The molecular formula is C45H64N12O9. The highest BCUT2D eigenvalue weighted by Crippen LogP contribution is 2.24. The molecule has 0 atom stereocenters. The van der Waals surface area contributed by atoms with Crippen LogP contribution >= 0.6 is 0 Å². The SMILES string of the molecule is CNCCN1CCNC(=O)c2cccc(c2O)C(=O)NCCN(CCN)CCN2CCNC(=O)c3cccc(c3O)C(=O)NCCN(CCNC(=O)c3cccc(c3O)C(=O)NCC2)CC1. The predicted molar refractivity (Wildman–Crippen MR) is 247 cm³/mol. The standard InChI is InChI=1S/C45H64N12O9/c1-47-12-20-55-22-14-49-41(62)32-6-2-5-31(37(32)58)40(61)48-13-21-54(19-11-46)27-28-56-23-15-50-42(63)33-7-3-9-35(38(33)59)44(65)52-17-25-57(30-29-55)26-18-53-45(66)36-10-4-8-34(39(36)60)43(64)51-16-24-56/h2-10,47,58-60H,11-30,46H2,1H3,(H,48,61)(H,49,62)(H,50,63)(H,51,64)(H,52,65)(H,53,66). The van der Waals surface area contributed by atoms with E-state index >= 15 is 0 Å². The monoisotopic (exact) mass is 916 g/mol. The second kappa shape index (κ2) is 26.0. The summed E-state index contributed by atoms with van der Waals surface area (Å²) < 4.78 is 0. The number of carbonyl (C=O) groups excluding carboxylic acids is 6. The third-order valence-electron chi connectivity index (χ3n) is 11.4. The van der Waals surface area contributed by atoms with Crippen molar-refractivity contribution in [3.05, 3.63) is 88.0 Å². The molecule has 0 fully saturated rings. The number of nitrogens with one attached hydrogen (secondary N) is 7. The summed E-state index contributed by atoms with van der Waals surface area (Å²) in [6, 6.07) is 13.2. The largest absolute Gasteiger partial charge is 0.506 e. The van der Waals surface area contributed by atoms with Crippen LogP contribution in [0.5, 0.6) is 17.2 Å². The molecule has 0 unspecified atom stereocenters. The Balaban J connectivity index is 1.48. The summed E-state index contributed by atoms with van der Waals surface area (Å²) in [4.78, 5) is 88.6. The second-order valence-corrected chi connectivity index (χ2v) is 15.9. The number of nitrogens with zero attached hydrogens (tertiary/aromatic N) is 4. The maximum Gasteiger partial charge on any atom is 0.255 e. The first-order valence-corrected chi connectivity index (χ1v) is 22.3. The predicted octanol–water partition coefficient (Wildman–Crippen LogP) is -2.00. The number of hydrogen-bond acceptors (Lipinski definition) is 15. The maximum atomic E-state index is 13.4. The van der Waals surface area contributed by atoms with Crippen LogP contribution in [0.15, 0.2) is 54.6 Å². The Morgan fingerprint density at radius 1 is 0.439 bits per heavy atom. The van der Waals surface area contributed by atoms with E-state index in [1.807, 2.05) is 21.7 Å². The van der Waals surface area contributed by atoms with Gasteiger partial charge in [-0.1, -0.05) is 18.2 Å². The average Bonchev–Trinajstić information content (AvgIpc) is 3.30. The summed E-state index contributed by atoms with van der Waals surface area (Å²) in [7, 11) is 1.82. The zero-order valence-electron chi connectivity index (χ0n) is 37.5. The summed E-state index contributed by atoms with van der Waals surface area (Å²) in [5.74, 6) is -4.83. The number of hydrogen-bond donors (Lipinski definition) is 11. The van der Waals surface area contributed by atoms with E-state index in [1.165, 1.54) is 54.6 Å². The molecule has 0 spiro atoms. The Bertz CT molecular complexity index is 2070. The minimum atomic E-state index is -0.590. The fourth-order valence-electron chi connectivity index (χ4n) is 7.63. The number of phenols is 3. The van der Waals surface area contributed by atoms with Crippen LogP contribution in [0.1, 0.15) is 62.1 Å². The number of para-hydroxylation sites is 3. The van der Waals surface area contributed by atoms with Gasteiger partial charge in [0.2, 0.25) is 0 Å². The van der Waals surface area contributed by atoms with E-state index in [2.05, 4.69) is 42.1 Å². The number of carbonyl (C=O) groups is 6. The Labute approximate surface area is 384 Å². The fraction of sp³-hybridized carbons (Fsp3) is 0.467. The molecule has 6 rings (SSSR count). The maximum absolute atomic E-state index is 13.4. The van der Waals surface area contributed by atoms with E-state index in [-0.39, 0.29) is 72.6 Å². The van der Waals surface area contributed by atoms with Crippen molar-refractivity contribution >= 4 is 35.4 Å². The summed E-state index contributed by atoms with van der Waals surface area (Å²) in [6.07, 6.45) is 0. The van der Waals surface area contributed by atoms with Gasteiger partial charge in [-0.05, 0) is 43.4 Å². The van der Waals surface area contributed by atoms with Gasteiger partial charge in [-0.3, -0.25) is 48.4 Å². The number of rotatable bonds is 5. The molecule has 3 aliphatic rings. The zero-order chi connectivity index (χ0) is 47.4. The Morgan fingerprint density at radius 2 is 0.712 bits per heavy atom. The van der Waals surface area contributed by atoms with Crippen LogP contribution in [0.4, 0.5) is 0 Å². The molecule has 3 heterocycles. The number of likely N-dealkylation sites (N-methyl/N-ethyl adjacent to an activating group) is 1. The van der Waals surface area contributed by atoms with E-state index in [4.69, 9.17) is 5.73 Å². The van der Waals surface area contributed by atoms with Crippen LogP contribution in [0.25, 0.3) is 0 Å². The lowest BCUT2D eigenvalue weighted by Gasteiger charge is -2.28. The van der Waals surface area contributed by atoms with Crippen LogP contribution in [0.3, 0.4) is 0 Å². The number of fused-ring (bicyclic) bond motifs is 24. The minimum absolute atomic E-state index is 0.0451. The van der Waals surface area contributed by atoms with Gasteiger partial charge in [0.15, 0.2) is 0 Å². The second-order valence-electron chi connectivity index (χ2n) is 15.9. The third-order valence-corrected chi connectivity index (χ3v) is 11.4. The van der Waals surface area contributed by atoms with E-state index < -0.39 is 52.7 Å². The van der Waals surface area contributed by atoms with Crippen molar-refractivity contribution in [2.24, 2.45) is 5.73 Å². The molecule has 358 valence electrons. The highest BCUT2D eigenvalue weighted by Gasteiger charge is 2.23. The van der Waals surface area contributed by atoms with Crippen LogP contribution in [0, 0.1) is 0 Å². The molecular weight excluding hydrogens is 853 g/mol. The summed E-state index contributed by atoms with van der Waals surface area (Å²) in [5, 5.41) is 53.5. The summed E-state index contributed by atoms with van der Waals surface area (Å²) >= 11 is 0. The molecule has 21 heteroatoms. The molecule has 21 nitrogen and oxygen atoms in total. The smallest absolute Gasteiger partial charge is 0.255 e. The average molecular weight is 917 g/mol. The van der Waals surface area contributed by atoms with E-state index in [0.29, 0.717) is 91.6 Å². The topological polar surface area (TPSA) is 286 Å². The molecule has 66 heavy (non-hydrogen) atoms. The normalized spacial score (nSPS) is 20.3. The molecule has 0 aliphatic carbocycles. The summed E-state index contributed by atoms with van der Waals surface area (Å²) in [6.45, 7) is 6.72. The molecule has 3 aromatic rings. The van der Waals surface area contributed by atoms with Gasteiger partial charge in [-0.25, -0.2) is 0 Å². The van der Waals surface area contributed by atoms with Crippen molar-refractivity contribution in [1.29, 1.82) is 0 Å². The lowest BCUT2D eigenvalue weighted by atomic mass is 10.1. The van der Waals surface area contributed by atoms with Crippen molar-refractivity contribution in [3.63, 3.8) is 0 Å². The Morgan fingerprint density at radius 3 is 0.985 bits per heavy atom. The van der Waals surface area contributed by atoms with Crippen LogP contribution < -0.4 is 43.0 Å². The van der Waals surface area contributed by atoms with Crippen LogP contribution in [-0.2, 0) is 0 Å². The number of benzene rings is 3. The zero-order valence-corrected chi connectivity index (χ0v) is 37.5. The highest BCUT2D eigenvalue weighted by atomic mass is 16.3. The van der Waals surface area contributed by atoms with Gasteiger partial charge < -0.3 is 58.3 Å². The molecule has 0 radical (unpaired) electrons. The van der Waals surface area contributed by atoms with Gasteiger partial charge in [-0.15, -0.1) is 0 Å². The van der Waals surface area contributed by atoms with E-state index in [0.717, 1.165) is 0 Å². The van der Waals surface area contributed by atoms with Gasteiger partial charge in [0.05, 0.1) is 33.4 Å². The molecule has 12 N–H and O–H groups in total. The lowest BCUT2D eigenvalue weighted by Crippen LogP contribution is -2.45. The molecule has 0 saturated heterocycles. The third kappa shape index (κ3) is 14.6. The van der Waals surface area contributed by atoms with Crippen LogP contribution in [0.2, 0.25) is 0 Å². The van der Waals surface area contributed by atoms with Crippen molar-refractivity contribution in [3.8, 4) is 17.2 Å².